The summed E-state index contributed by atoms with van der Waals surface area (Å²) in [7, 11) is 0. The topological polar surface area (TPSA) is 395 Å². The number of aliphatic hydroxyl groups is 4. The van der Waals surface area contributed by atoms with Crippen molar-refractivity contribution >= 4 is 113 Å². The number of aromatic amines is 4. The van der Waals surface area contributed by atoms with Gasteiger partial charge in [0.25, 0.3) is 23.5 Å². The lowest BCUT2D eigenvalue weighted by Crippen LogP contribution is -2.19. The normalized spacial score (nSPS) is 15.3. The van der Waals surface area contributed by atoms with E-state index >= 15 is 0 Å². The maximum Gasteiger partial charge on any atom is 0.260 e. The van der Waals surface area contributed by atoms with Crippen molar-refractivity contribution in [3.63, 3.8) is 0 Å². The second-order valence-corrected chi connectivity index (χ2v) is 24.3. The zero-order valence-electron chi connectivity index (χ0n) is 58.1. The van der Waals surface area contributed by atoms with Crippen LogP contribution in [0.2, 0.25) is 0 Å². The molecule has 28 heteroatoms. The number of nitrogens with one attached hydrogen (secondary N) is 8. The Morgan fingerprint density at radius 2 is 0.779 bits per heavy atom. The minimum atomic E-state index is -0.107. The number of ether oxygens (including phenoxy) is 4. The van der Waals surface area contributed by atoms with E-state index in [4.69, 9.17) is 71.0 Å². The minimum Gasteiger partial charge on any atom is -0.473 e. The zero-order chi connectivity index (χ0) is 72.9. The number of allylic oxidation sites excluding steroid dienone is 7. The molecule has 0 saturated carbocycles. The third-order valence-corrected chi connectivity index (χ3v) is 17.7. The molecule has 0 bridgehead atoms. The first kappa shape index (κ1) is 69.7. The van der Waals surface area contributed by atoms with Crippen LogP contribution in [0.15, 0.2) is 166 Å². The molecule has 0 atom stereocenters. The lowest BCUT2D eigenvalue weighted by Gasteiger charge is -2.16. The Morgan fingerprint density at radius 1 is 0.413 bits per heavy atom. The highest BCUT2D eigenvalue weighted by Crippen LogP contribution is 2.40. The van der Waals surface area contributed by atoms with Crippen molar-refractivity contribution in [2.75, 3.05) is 52.9 Å². The molecule has 12 aromatic heterocycles. The Bertz CT molecular complexity index is 5620. The largest absolute Gasteiger partial charge is 0.473 e. The van der Waals surface area contributed by atoms with Gasteiger partial charge < -0.3 is 59.3 Å². The summed E-state index contributed by atoms with van der Waals surface area (Å²) in [4.78, 5) is 31.9. The number of H-pyrrole nitrogens is 4. The smallest absolute Gasteiger partial charge is 0.260 e. The molecule has 4 aliphatic carbocycles. The average molecular weight is 1400 g/mol. The summed E-state index contributed by atoms with van der Waals surface area (Å²) >= 11 is 0. The number of aliphatic imine (C=N–C) groups is 4. The number of rotatable bonds is 17. The van der Waals surface area contributed by atoms with Crippen LogP contribution in [-0.4, -0.2) is 177 Å². The van der Waals surface area contributed by atoms with Crippen LogP contribution in [0.1, 0.15) is 94.7 Å². The Labute approximate surface area is 595 Å². The van der Waals surface area contributed by atoms with Crippen molar-refractivity contribution in [1.82, 2.24) is 58.4 Å². The number of aryl methyl sites for hydroxylation is 2. The van der Waals surface area contributed by atoms with Crippen LogP contribution in [0, 0.1) is 49.3 Å². The van der Waals surface area contributed by atoms with E-state index < -0.39 is 0 Å². The SMILES string of the molecule is CC1=CC(=Nc2c(OCCO)nn3ccccc23)C(=N)c2c1[nH]c(C)c2C.CC1=CC(=Nc2c(OCCO)nn3ccccc23)C(=N)c2cc[nH]c21.CCC1=CC(=Nc2c(OCCO)nn3ccccc23)C(=N)c2c1[nH]c(C)c2C.N=C1C(=Nc2c(OCCO)nn3ccccc23)C=Cc2[nH]ccc21. The summed E-state index contributed by atoms with van der Waals surface area (Å²) < 4.78 is 29.0. The molecule has 528 valence electrons. The van der Waals surface area contributed by atoms with Crippen LogP contribution in [0.3, 0.4) is 0 Å². The maximum absolute atomic E-state index is 9.12. The van der Waals surface area contributed by atoms with E-state index in [1.54, 1.807) is 36.5 Å². The van der Waals surface area contributed by atoms with Gasteiger partial charge in [0.2, 0.25) is 0 Å². The van der Waals surface area contributed by atoms with Gasteiger partial charge in [0.15, 0.2) is 22.7 Å². The number of pyridine rings is 4. The lowest BCUT2D eigenvalue weighted by atomic mass is 9.90. The van der Waals surface area contributed by atoms with Crippen molar-refractivity contribution in [3.05, 3.63) is 214 Å². The Hall–Kier alpha value is -12.8. The van der Waals surface area contributed by atoms with Gasteiger partial charge in [0.05, 0.1) is 111 Å². The van der Waals surface area contributed by atoms with Gasteiger partial charge in [0.1, 0.15) is 26.4 Å². The number of fused-ring (bicyclic) bond motifs is 8. The lowest BCUT2D eigenvalue weighted by molar-refractivity contribution is 0.197. The maximum atomic E-state index is 9.12. The van der Waals surface area contributed by atoms with Crippen molar-refractivity contribution < 1.29 is 39.4 Å². The molecule has 0 amide bonds. The fourth-order valence-electron chi connectivity index (χ4n) is 12.4. The molecular formula is C76H76N20O8. The zero-order valence-corrected chi connectivity index (χ0v) is 58.1. The Morgan fingerprint density at radius 3 is 1.21 bits per heavy atom. The molecule has 104 heavy (non-hydrogen) atoms. The predicted octanol–water partition coefficient (Wildman–Crippen LogP) is 11.6. The third-order valence-electron chi connectivity index (χ3n) is 17.7. The summed E-state index contributed by atoms with van der Waals surface area (Å²) in [5, 5.41) is 88.1. The number of hydrogen-bond donors (Lipinski definition) is 12. The molecule has 0 spiro atoms. The molecule has 0 saturated heterocycles. The van der Waals surface area contributed by atoms with E-state index in [-0.39, 0.29) is 52.9 Å². The van der Waals surface area contributed by atoms with Gasteiger partial charge in [-0.2, -0.15) is 0 Å². The molecule has 0 fully saturated rings. The number of aromatic nitrogens is 12. The van der Waals surface area contributed by atoms with Gasteiger partial charge in [-0.3, -0.25) is 21.6 Å². The predicted molar refractivity (Wildman–Crippen MR) is 404 cm³/mol. The van der Waals surface area contributed by atoms with Gasteiger partial charge in [0, 0.05) is 76.5 Å². The highest BCUT2D eigenvalue weighted by atomic mass is 16.5. The van der Waals surface area contributed by atoms with Crippen LogP contribution >= 0.6 is 0 Å². The first-order chi connectivity index (χ1) is 50.5. The van der Waals surface area contributed by atoms with Gasteiger partial charge in [-0.15, -0.1) is 20.4 Å². The standard InChI is InChI=1S/C21H23N5O2.C20H21N5O2.C18H17N5O2.C17H15N5O2/c1-4-14-11-15(18(22)17-12(2)13(3)23-19(14)17)24-20-16-7-5-6-8-26(16)25-21(20)28-10-9-27;1-11-10-14(17(21)16-12(2)13(3)22-18(11)16)23-19-15-6-4-5-7-25(15)24-20(19)27-9-8-26;1-11-10-13(15(19)12-5-6-20-16(11)12)21-17-14-4-2-3-7-23(14)22-18(17)25-9-8-24;18-15-11-6-7-19-12(11)4-5-13(15)20-16-14-3-1-2-8-22(14)21-17(16)24-10-9-23/h5-8,11,22-23,27H,4,9-10H2,1-3H3;4-7,10,21-22,26H,8-9H2,1-3H3;2-7,10,19-20,24H,8-9H2,1H3;1-8,18-19,23H,9-10H2. The Balaban J connectivity index is 0.000000123. The van der Waals surface area contributed by atoms with E-state index in [1.165, 1.54) is 0 Å². The van der Waals surface area contributed by atoms with Gasteiger partial charge in [-0.1, -0.05) is 31.2 Å². The number of nitrogens with zero attached hydrogens (tertiary/aromatic N) is 12. The molecule has 0 radical (unpaired) electrons. The highest BCUT2D eigenvalue weighted by molar-refractivity contribution is 6.56. The van der Waals surface area contributed by atoms with Crippen LogP contribution < -0.4 is 18.9 Å². The molecule has 12 heterocycles. The first-order valence-electron chi connectivity index (χ1n) is 33.6. The summed E-state index contributed by atoms with van der Waals surface area (Å²) in [6.07, 6.45) is 21.1. The van der Waals surface area contributed by atoms with E-state index in [2.05, 4.69) is 57.2 Å². The number of aliphatic hydroxyl groups excluding tert-OH is 4. The molecule has 4 aliphatic rings. The van der Waals surface area contributed by atoms with E-state index in [0.717, 1.165) is 113 Å². The summed E-state index contributed by atoms with van der Waals surface area (Å²) in [5.74, 6) is 1.37. The van der Waals surface area contributed by atoms with E-state index in [9.17, 15) is 0 Å². The molecule has 0 aliphatic heterocycles. The molecule has 0 aromatic carbocycles. The fourth-order valence-corrected chi connectivity index (χ4v) is 12.4. The minimum absolute atomic E-state index is 0.105. The second-order valence-electron chi connectivity index (χ2n) is 24.3. The van der Waals surface area contributed by atoms with Crippen LogP contribution in [0.5, 0.6) is 23.5 Å². The average Bonchev–Trinajstić information content (AvgIpc) is 1.58. The summed E-state index contributed by atoms with van der Waals surface area (Å²) in [6, 6.07) is 26.4. The fraction of sp³-hybridized carbons (Fsp3) is 0.211. The molecule has 28 nitrogen and oxygen atoms in total. The monoisotopic (exact) mass is 1400 g/mol. The molecule has 12 aromatic rings. The Kier molecular flexibility index (Phi) is 20.2. The van der Waals surface area contributed by atoms with Gasteiger partial charge >= 0.3 is 0 Å². The van der Waals surface area contributed by atoms with Crippen molar-refractivity contribution in [2.45, 2.75) is 54.9 Å². The number of hydrogen-bond acceptors (Lipinski definition) is 20. The van der Waals surface area contributed by atoms with Crippen molar-refractivity contribution in [1.29, 1.82) is 21.6 Å². The second kappa shape index (κ2) is 30.2. The van der Waals surface area contributed by atoms with Crippen LogP contribution in [0.4, 0.5) is 22.7 Å². The van der Waals surface area contributed by atoms with Crippen LogP contribution in [0.25, 0.3) is 44.9 Å². The highest BCUT2D eigenvalue weighted by Gasteiger charge is 2.30. The van der Waals surface area contributed by atoms with Crippen molar-refractivity contribution in [3.8, 4) is 23.5 Å². The first-order valence-corrected chi connectivity index (χ1v) is 33.6. The van der Waals surface area contributed by atoms with Crippen molar-refractivity contribution in [2.24, 2.45) is 20.0 Å². The molecule has 0 unspecified atom stereocenters. The summed E-state index contributed by atoms with van der Waals surface area (Å²) in [6.45, 7) is 14.3. The quantitative estimate of drug-likeness (QED) is 0.0405. The third kappa shape index (κ3) is 13.6. The van der Waals surface area contributed by atoms with E-state index in [0.29, 0.717) is 92.0 Å². The molecular weight excluding hydrogens is 1320 g/mol. The van der Waals surface area contributed by atoms with E-state index in [1.807, 2.05) is 176 Å². The summed E-state index contributed by atoms with van der Waals surface area (Å²) in [5.41, 5.74) is 23.7. The molecule has 16 rings (SSSR count). The molecule has 12 N–H and O–H groups in total. The van der Waals surface area contributed by atoms with Gasteiger partial charge in [-0.05, 0) is 167 Å². The van der Waals surface area contributed by atoms with Crippen LogP contribution in [-0.2, 0) is 0 Å². The van der Waals surface area contributed by atoms with Gasteiger partial charge in [-0.25, -0.2) is 38.0 Å².